The number of hydrogen-bond acceptors (Lipinski definition) is 3. The van der Waals surface area contributed by atoms with Gasteiger partial charge in [0.25, 0.3) is 0 Å². The summed E-state index contributed by atoms with van der Waals surface area (Å²) in [6.07, 6.45) is 8.20. The van der Waals surface area contributed by atoms with Crippen LogP contribution >= 0.6 is 0 Å². The van der Waals surface area contributed by atoms with E-state index in [1.54, 1.807) is 6.92 Å². The number of carboxylic acids is 1. The van der Waals surface area contributed by atoms with E-state index in [9.17, 15) is 14.7 Å². The van der Waals surface area contributed by atoms with Crippen LogP contribution in [0.15, 0.2) is 0 Å². The summed E-state index contributed by atoms with van der Waals surface area (Å²) in [6.45, 7) is 4.89. The van der Waals surface area contributed by atoms with Crippen molar-refractivity contribution >= 4 is 11.9 Å². The van der Waals surface area contributed by atoms with E-state index in [0.717, 1.165) is 37.0 Å². The van der Waals surface area contributed by atoms with Crippen molar-refractivity contribution in [2.75, 3.05) is 13.1 Å². The molecule has 0 aromatic heterocycles. The van der Waals surface area contributed by atoms with Crippen molar-refractivity contribution in [1.82, 2.24) is 10.2 Å². The van der Waals surface area contributed by atoms with Crippen LogP contribution in [0.4, 0.5) is 0 Å². The van der Waals surface area contributed by atoms with Gasteiger partial charge in [0.15, 0.2) is 0 Å². The van der Waals surface area contributed by atoms with Gasteiger partial charge in [0, 0.05) is 18.6 Å². The Hall–Kier alpha value is -1.10. The Morgan fingerprint density at radius 1 is 1.12 bits per heavy atom. The maximum Gasteiger partial charge on any atom is 0.310 e. The molecular weight excluding hydrogens is 304 g/mol. The molecule has 1 amide bonds. The zero-order valence-electron chi connectivity index (χ0n) is 14.9. The predicted molar refractivity (Wildman–Crippen MR) is 90.4 cm³/mol. The van der Waals surface area contributed by atoms with Crippen LogP contribution in [0.25, 0.3) is 0 Å². The molecule has 2 atom stereocenters. The fraction of sp³-hybridized carbons (Fsp3) is 0.895. The van der Waals surface area contributed by atoms with Crippen molar-refractivity contribution in [3.63, 3.8) is 0 Å². The molecule has 1 saturated heterocycles. The lowest BCUT2D eigenvalue weighted by atomic mass is 9.53. The zero-order chi connectivity index (χ0) is 17.1. The molecule has 4 saturated carbocycles. The Bertz CT molecular complexity index is 526. The van der Waals surface area contributed by atoms with E-state index in [1.165, 1.54) is 19.3 Å². The van der Waals surface area contributed by atoms with Gasteiger partial charge in [-0.3, -0.25) is 14.5 Å². The van der Waals surface area contributed by atoms with Crippen molar-refractivity contribution in [3.05, 3.63) is 0 Å². The number of aliphatic carboxylic acids is 1. The van der Waals surface area contributed by atoms with Crippen molar-refractivity contribution < 1.29 is 14.7 Å². The number of rotatable bonds is 4. The van der Waals surface area contributed by atoms with Gasteiger partial charge in [0.05, 0.1) is 11.5 Å². The largest absolute Gasteiger partial charge is 0.481 e. The number of nitrogens with zero attached hydrogens (tertiary/aromatic N) is 1. The number of hydrogen-bond donors (Lipinski definition) is 2. The van der Waals surface area contributed by atoms with Gasteiger partial charge in [-0.2, -0.15) is 0 Å². The minimum Gasteiger partial charge on any atom is -0.481 e. The second-order valence-corrected chi connectivity index (χ2v) is 9.45. The van der Waals surface area contributed by atoms with Crippen molar-refractivity contribution in [1.29, 1.82) is 0 Å². The summed E-state index contributed by atoms with van der Waals surface area (Å²) in [6, 6.07) is -0.237. The third kappa shape index (κ3) is 2.65. The number of carboxylic acid groups (broad SMARTS) is 1. The lowest BCUT2D eigenvalue weighted by molar-refractivity contribution is -0.147. The molecule has 134 valence electrons. The maximum atomic E-state index is 12.9. The Labute approximate surface area is 144 Å². The molecule has 5 rings (SSSR count). The minimum atomic E-state index is -0.751. The van der Waals surface area contributed by atoms with Gasteiger partial charge in [-0.05, 0) is 76.5 Å². The maximum absolute atomic E-state index is 12.9. The third-order valence-electron chi connectivity index (χ3n) is 7.37. The first-order valence-electron chi connectivity index (χ1n) is 9.58. The fourth-order valence-electron chi connectivity index (χ4n) is 6.30. The van der Waals surface area contributed by atoms with E-state index in [4.69, 9.17) is 0 Å². The summed E-state index contributed by atoms with van der Waals surface area (Å²) >= 11 is 0. The Morgan fingerprint density at radius 2 is 1.67 bits per heavy atom. The quantitative estimate of drug-likeness (QED) is 0.827. The van der Waals surface area contributed by atoms with Crippen LogP contribution in [0.2, 0.25) is 0 Å². The second-order valence-electron chi connectivity index (χ2n) is 9.45. The summed E-state index contributed by atoms with van der Waals surface area (Å²) in [5.74, 6) is 1.79. The van der Waals surface area contributed by atoms with Crippen LogP contribution in [-0.4, -0.2) is 46.6 Å². The fourth-order valence-corrected chi connectivity index (χ4v) is 6.30. The first kappa shape index (κ1) is 16.4. The molecule has 0 radical (unpaired) electrons. The number of carbonyl (C=O) groups excluding carboxylic acids is 1. The molecule has 0 aromatic carbocycles. The van der Waals surface area contributed by atoms with Crippen LogP contribution in [0.1, 0.15) is 58.8 Å². The standard InChI is InChI=1S/C19H30N2O3/c1-12(21-4-3-18(2,11-21)17(23)24)16(22)20-19-8-13-5-14(9-19)7-15(6-13)10-19/h12-15H,3-11H2,1-2H3,(H,20,22)(H,23,24). The van der Waals surface area contributed by atoms with E-state index < -0.39 is 11.4 Å². The Kier molecular flexibility index (Phi) is 3.72. The normalized spacial score (nSPS) is 45.3. The van der Waals surface area contributed by atoms with Crippen LogP contribution in [-0.2, 0) is 9.59 Å². The second kappa shape index (κ2) is 5.45. The average molecular weight is 334 g/mol. The summed E-state index contributed by atoms with van der Waals surface area (Å²) in [5, 5.41) is 12.8. The highest BCUT2D eigenvalue weighted by atomic mass is 16.4. The van der Waals surface area contributed by atoms with Gasteiger partial charge in [-0.1, -0.05) is 0 Å². The minimum absolute atomic E-state index is 0.0376. The van der Waals surface area contributed by atoms with Crippen molar-refractivity contribution in [3.8, 4) is 0 Å². The molecule has 24 heavy (non-hydrogen) atoms. The molecule has 0 aromatic rings. The highest BCUT2D eigenvalue weighted by Crippen LogP contribution is 2.55. The highest BCUT2D eigenvalue weighted by molar-refractivity contribution is 5.82. The molecular formula is C19H30N2O3. The number of likely N-dealkylation sites (tertiary alicyclic amines) is 1. The molecule has 0 spiro atoms. The van der Waals surface area contributed by atoms with E-state index in [0.29, 0.717) is 19.5 Å². The molecule has 5 aliphatic rings. The summed E-state index contributed by atoms with van der Waals surface area (Å²) in [7, 11) is 0. The third-order valence-corrected chi connectivity index (χ3v) is 7.37. The topological polar surface area (TPSA) is 69.6 Å². The van der Waals surface area contributed by atoms with E-state index in [2.05, 4.69) is 5.32 Å². The van der Waals surface area contributed by atoms with Gasteiger partial charge in [0.1, 0.15) is 0 Å². The number of carbonyl (C=O) groups is 2. The molecule has 1 heterocycles. The SMILES string of the molecule is CC(C(=O)NC12CC3CC(CC(C3)C1)C2)N1CCC(C)(C(=O)O)C1. The molecule has 5 nitrogen and oxygen atoms in total. The molecule has 2 N–H and O–H groups in total. The number of nitrogens with one attached hydrogen (secondary N) is 1. The molecule has 4 bridgehead atoms. The Morgan fingerprint density at radius 3 is 2.12 bits per heavy atom. The van der Waals surface area contributed by atoms with Gasteiger partial charge in [0.2, 0.25) is 5.91 Å². The van der Waals surface area contributed by atoms with Gasteiger partial charge in [-0.25, -0.2) is 0 Å². The van der Waals surface area contributed by atoms with Crippen molar-refractivity contribution in [2.45, 2.75) is 70.4 Å². The zero-order valence-corrected chi connectivity index (χ0v) is 14.9. The molecule has 5 fully saturated rings. The monoisotopic (exact) mass is 334 g/mol. The van der Waals surface area contributed by atoms with Gasteiger partial charge in [-0.15, -0.1) is 0 Å². The summed E-state index contributed by atoms with van der Waals surface area (Å²) < 4.78 is 0. The highest BCUT2D eigenvalue weighted by Gasteiger charge is 2.52. The molecule has 2 unspecified atom stereocenters. The van der Waals surface area contributed by atoms with E-state index in [1.807, 2.05) is 11.8 Å². The van der Waals surface area contributed by atoms with Crippen LogP contribution < -0.4 is 5.32 Å². The number of amides is 1. The molecule has 5 heteroatoms. The lowest BCUT2D eigenvalue weighted by Gasteiger charge is -2.57. The van der Waals surface area contributed by atoms with E-state index >= 15 is 0 Å². The van der Waals surface area contributed by atoms with Gasteiger partial charge >= 0.3 is 5.97 Å². The van der Waals surface area contributed by atoms with Gasteiger partial charge < -0.3 is 10.4 Å². The van der Waals surface area contributed by atoms with Crippen molar-refractivity contribution in [2.24, 2.45) is 23.2 Å². The molecule has 1 aliphatic heterocycles. The van der Waals surface area contributed by atoms with Crippen LogP contribution in [0.5, 0.6) is 0 Å². The lowest BCUT2D eigenvalue weighted by Crippen LogP contribution is -2.62. The smallest absolute Gasteiger partial charge is 0.310 e. The molecule has 4 aliphatic carbocycles. The van der Waals surface area contributed by atoms with Crippen LogP contribution in [0, 0.1) is 23.2 Å². The first-order valence-corrected chi connectivity index (χ1v) is 9.58. The average Bonchev–Trinajstić information content (AvgIpc) is 2.88. The van der Waals surface area contributed by atoms with E-state index in [-0.39, 0.29) is 17.5 Å². The Balaban J connectivity index is 1.41. The first-order chi connectivity index (χ1) is 11.3. The predicted octanol–water partition coefficient (Wildman–Crippen LogP) is 2.26. The summed E-state index contributed by atoms with van der Waals surface area (Å²) in [4.78, 5) is 26.4. The summed E-state index contributed by atoms with van der Waals surface area (Å²) in [5.41, 5.74) is -0.675. The van der Waals surface area contributed by atoms with Crippen LogP contribution in [0.3, 0.4) is 0 Å².